The number of rotatable bonds is 8. The van der Waals surface area contributed by atoms with E-state index < -0.39 is 47.7 Å². The highest BCUT2D eigenvalue weighted by Gasteiger charge is 2.41. The van der Waals surface area contributed by atoms with Crippen LogP contribution in [0, 0.1) is 0 Å². The monoisotopic (exact) mass is 499 g/mol. The van der Waals surface area contributed by atoms with Gasteiger partial charge >= 0.3 is 6.09 Å². The van der Waals surface area contributed by atoms with Gasteiger partial charge in [0.15, 0.2) is 0 Å². The maximum absolute atomic E-state index is 13.8. The van der Waals surface area contributed by atoms with Gasteiger partial charge < -0.3 is 30.1 Å². The Kier molecular flexibility index (Phi) is 9.47. The van der Waals surface area contributed by atoms with E-state index >= 15 is 0 Å². The Morgan fingerprint density at radius 2 is 1.53 bits per heavy atom. The molecule has 0 fully saturated rings. The predicted molar refractivity (Wildman–Crippen MR) is 138 cm³/mol. The quantitative estimate of drug-likeness (QED) is 0.507. The Balaban J connectivity index is 2.46. The van der Waals surface area contributed by atoms with Gasteiger partial charge in [-0.05, 0) is 71.4 Å². The number of carbonyl (C=O) groups is 3. The standard InChI is InChI=1S/C27H37N3O6/c1-26(2,3)30(24(33)21(17-31)29-25(34)36-27(4,5)6)22(18-11-9-8-10-12-18)23(32)28-19-13-15-20(35-7)16-14-19/h8-16,21-22,31H,17H2,1-7H3,(H,28,32)(H,29,34). The van der Waals surface area contributed by atoms with Crippen molar-refractivity contribution in [3.05, 3.63) is 60.2 Å². The molecule has 2 unspecified atom stereocenters. The van der Waals surface area contributed by atoms with Gasteiger partial charge in [0.2, 0.25) is 5.91 Å². The molecule has 0 aliphatic rings. The van der Waals surface area contributed by atoms with E-state index in [0.29, 0.717) is 17.0 Å². The maximum Gasteiger partial charge on any atom is 0.408 e. The van der Waals surface area contributed by atoms with Crippen molar-refractivity contribution >= 4 is 23.6 Å². The van der Waals surface area contributed by atoms with E-state index in [9.17, 15) is 19.5 Å². The zero-order valence-corrected chi connectivity index (χ0v) is 22.0. The average Bonchev–Trinajstić information content (AvgIpc) is 2.79. The van der Waals surface area contributed by atoms with Crippen LogP contribution in [-0.4, -0.2) is 58.8 Å². The highest BCUT2D eigenvalue weighted by Crippen LogP contribution is 2.31. The van der Waals surface area contributed by atoms with E-state index in [0.717, 1.165) is 0 Å². The van der Waals surface area contributed by atoms with Crippen molar-refractivity contribution in [3.63, 3.8) is 0 Å². The minimum atomic E-state index is -1.32. The Morgan fingerprint density at radius 1 is 0.944 bits per heavy atom. The Labute approximate surface area is 212 Å². The van der Waals surface area contributed by atoms with E-state index in [-0.39, 0.29) is 0 Å². The first kappa shape index (κ1) is 28.6. The highest BCUT2D eigenvalue weighted by molar-refractivity contribution is 5.99. The van der Waals surface area contributed by atoms with Crippen LogP contribution in [0.5, 0.6) is 5.75 Å². The number of hydrogen-bond donors (Lipinski definition) is 3. The second kappa shape index (κ2) is 11.9. The fraction of sp³-hybridized carbons (Fsp3) is 0.444. The third-order valence-corrected chi connectivity index (χ3v) is 5.11. The van der Waals surface area contributed by atoms with E-state index in [1.54, 1.807) is 97.2 Å². The molecule has 3 amide bonds. The van der Waals surface area contributed by atoms with E-state index in [1.165, 1.54) is 4.90 Å². The Morgan fingerprint density at radius 3 is 2.00 bits per heavy atom. The van der Waals surface area contributed by atoms with E-state index in [2.05, 4.69) is 10.6 Å². The molecule has 0 aromatic heterocycles. The molecule has 0 radical (unpaired) electrons. The summed E-state index contributed by atoms with van der Waals surface area (Å²) in [6.07, 6.45) is -0.845. The van der Waals surface area contributed by atoms with Crippen LogP contribution in [0.2, 0.25) is 0 Å². The molecule has 3 N–H and O–H groups in total. The second-order valence-corrected chi connectivity index (χ2v) is 10.3. The number of methoxy groups -OCH3 is 1. The zero-order chi connectivity index (χ0) is 27.1. The molecule has 2 aromatic rings. The number of nitrogens with one attached hydrogen (secondary N) is 2. The van der Waals surface area contributed by atoms with Crippen LogP contribution in [0.25, 0.3) is 0 Å². The molecule has 0 heterocycles. The first-order valence-corrected chi connectivity index (χ1v) is 11.7. The van der Waals surface area contributed by atoms with Crippen LogP contribution in [0.1, 0.15) is 53.1 Å². The molecular weight excluding hydrogens is 462 g/mol. The summed E-state index contributed by atoms with van der Waals surface area (Å²) in [5, 5.41) is 15.3. The third kappa shape index (κ3) is 7.98. The van der Waals surface area contributed by atoms with Gasteiger partial charge in [0, 0.05) is 11.2 Å². The van der Waals surface area contributed by atoms with Crippen molar-refractivity contribution in [2.75, 3.05) is 19.0 Å². The van der Waals surface area contributed by atoms with E-state index in [4.69, 9.17) is 9.47 Å². The smallest absolute Gasteiger partial charge is 0.408 e. The fourth-order valence-electron chi connectivity index (χ4n) is 3.59. The number of carbonyl (C=O) groups excluding carboxylic acids is 3. The Hall–Kier alpha value is -3.59. The summed E-state index contributed by atoms with van der Waals surface area (Å²) in [7, 11) is 1.55. The summed E-state index contributed by atoms with van der Waals surface area (Å²) in [6.45, 7) is 9.75. The van der Waals surface area contributed by atoms with E-state index in [1.807, 2.05) is 6.07 Å². The molecule has 0 aliphatic carbocycles. The number of benzene rings is 2. The molecule has 0 saturated heterocycles. The molecule has 0 spiro atoms. The van der Waals surface area contributed by atoms with Gasteiger partial charge in [-0.3, -0.25) is 9.59 Å². The lowest BCUT2D eigenvalue weighted by Gasteiger charge is -2.42. The maximum atomic E-state index is 13.8. The predicted octanol–water partition coefficient (Wildman–Crippen LogP) is 3.89. The highest BCUT2D eigenvalue weighted by atomic mass is 16.6. The molecule has 36 heavy (non-hydrogen) atoms. The van der Waals surface area contributed by atoms with Crippen LogP contribution in [0.15, 0.2) is 54.6 Å². The number of ether oxygens (including phenoxy) is 2. The molecule has 2 aromatic carbocycles. The number of aliphatic hydroxyl groups is 1. The number of anilines is 1. The lowest BCUT2D eigenvalue weighted by Crippen LogP contribution is -2.59. The number of alkyl carbamates (subject to hydrolysis) is 1. The lowest BCUT2D eigenvalue weighted by atomic mass is 9.95. The van der Waals surface area contributed by atoms with Crippen molar-refractivity contribution < 1.29 is 29.0 Å². The molecule has 2 atom stereocenters. The number of aliphatic hydroxyl groups excluding tert-OH is 1. The Bertz CT molecular complexity index is 1030. The lowest BCUT2D eigenvalue weighted by molar-refractivity contribution is -0.147. The van der Waals surface area contributed by atoms with Crippen LogP contribution < -0.4 is 15.4 Å². The van der Waals surface area contributed by atoms with Crippen LogP contribution >= 0.6 is 0 Å². The van der Waals surface area contributed by atoms with Crippen molar-refractivity contribution in [1.82, 2.24) is 10.2 Å². The molecule has 0 aliphatic heterocycles. The minimum absolute atomic E-state index is 0.455. The topological polar surface area (TPSA) is 117 Å². The van der Waals surface area contributed by atoms with Gasteiger partial charge in [-0.25, -0.2) is 4.79 Å². The minimum Gasteiger partial charge on any atom is -0.497 e. The first-order chi connectivity index (χ1) is 16.8. The van der Waals surface area contributed by atoms with Crippen molar-refractivity contribution in [1.29, 1.82) is 0 Å². The first-order valence-electron chi connectivity index (χ1n) is 11.7. The van der Waals surface area contributed by atoms with Crippen LogP contribution in [0.4, 0.5) is 10.5 Å². The van der Waals surface area contributed by atoms with Gasteiger partial charge in [-0.15, -0.1) is 0 Å². The summed E-state index contributed by atoms with van der Waals surface area (Å²) in [6, 6.07) is 13.3. The van der Waals surface area contributed by atoms with Gasteiger partial charge in [0.1, 0.15) is 23.4 Å². The van der Waals surface area contributed by atoms with Gasteiger partial charge in [0.05, 0.1) is 13.7 Å². The van der Waals surface area contributed by atoms with Gasteiger partial charge in [-0.2, -0.15) is 0 Å². The summed E-state index contributed by atoms with van der Waals surface area (Å²) in [4.78, 5) is 41.2. The summed E-state index contributed by atoms with van der Waals surface area (Å²) in [5.41, 5.74) is -0.561. The molecular formula is C27H37N3O6. The molecule has 0 saturated carbocycles. The molecule has 9 heteroatoms. The normalized spacial score (nSPS) is 13.2. The molecule has 0 bridgehead atoms. The number of amides is 3. The number of hydrogen-bond acceptors (Lipinski definition) is 6. The van der Waals surface area contributed by atoms with Crippen molar-refractivity contribution in [2.24, 2.45) is 0 Å². The van der Waals surface area contributed by atoms with Crippen LogP contribution in [-0.2, 0) is 14.3 Å². The SMILES string of the molecule is COc1ccc(NC(=O)C(c2ccccc2)N(C(=O)C(CO)NC(=O)OC(C)(C)C)C(C)(C)C)cc1. The van der Waals surface area contributed by atoms with Gasteiger partial charge in [0.25, 0.3) is 5.91 Å². The van der Waals surface area contributed by atoms with Crippen molar-refractivity contribution in [3.8, 4) is 5.75 Å². The molecule has 196 valence electrons. The largest absolute Gasteiger partial charge is 0.497 e. The fourth-order valence-corrected chi connectivity index (χ4v) is 3.59. The summed E-state index contributed by atoms with van der Waals surface area (Å²) < 4.78 is 10.4. The van der Waals surface area contributed by atoms with Crippen LogP contribution in [0.3, 0.4) is 0 Å². The third-order valence-electron chi connectivity index (χ3n) is 5.11. The summed E-state index contributed by atoms with van der Waals surface area (Å²) in [5.74, 6) is -0.448. The average molecular weight is 500 g/mol. The molecule has 2 rings (SSSR count). The molecule has 9 nitrogen and oxygen atoms in total. The number of nitrogens with zero attached hydrogens (tertiary/aromatic N) is 1. The zero-order valence-electron chi connectivity index (χ0n) is 22.0. The van der Waals surface area contributed by atoms with Gasteiger partial charge in [-0.1, -0.05) is 30.3 Å². The van der Waals surface area contributed by atoms with Crippen molar-refractivity contribution in [2.45, 2.75) is 64.8 Å². The summed E-state index contributed by atoms with van der Waals surface area (Å²) >= 11 is 0. The second-order valence-electron chi connectivity index (χ2n) is 10.3.